The summed E-state index contributed by atoms with van der Waals surface area (Å²) in [6.45, 7) is 7.79. The van der Waals surface area contributed by atoms with E-state index in [1.54, 1.807) is 0 Å². The smallest absolute Gasteiger partial charge is 0.163 e. The molecule has 0 aromatic rings. The monoisotopic (exact) mass is 227 g/mol. The first-order chi connectivity index (χ1) is 7.39. The molecule has 92 valence electrons. The summed E-state index contributed by atoms with van der Waals surface area (Å²) >= 11 is 0. The number of hydrogen-bond donors (Lipinski definition) is 1. The first kappa shape index (κ1) is 11.0. The van der Waals surface area contributed by atoms with E-state index >= 15 is 0 Å². The molecular formula is C12H21NO3. The van der Waals surface area contributed by atoms with Crippen molar-refractivity contribution in [3.8, 4) is 0 Å². The number of ether oxygens (including phenoxy) is 2. The number of nitrogens with zero attached hydrogens (tertiary/aromatic N) is 1. The van der Waals surface area contributed by atoms with Crippen LogP contribution in [0.5, 0.6) is 0 Å². The molecule has 1 N–H and O–H groups in total. The van der Waals surface area contributed by atoms with Crippen molar-refractivity contribution in [3.05, 3.63) is 0 Å². The molecule has 4 heteroatoms. The van der Waals surface area contributed by atoms with Crippen molar-refractivity contribution >= 4 is 0 Å². The second-order valence-electron chi connectivity index (χ2n) is 6.04. The quantitative estimate of drug-likeness (QED) is 0.662. The zero-order valence-corrected chi connectivity index (χ0v) is 10.3. The van der Waals surface area contributed by atoms with Crippen LogP contribution in [0, 0.1) is 0 Å². The molecule has 0 amide bonds. The summed E-state index contributed by atoms with van der Waals surface area (Å²) in [5.41, 5.74) is -0.637. The predicted octanol–water partition coefficient (Wildman–Crippen LogP) is 0.735. The molecule has 0 saturated carbocycles. The topological polar surface area (TPSA) is 41.9 Å². The maximum Gasteiger partial charge on any atom is 0.163 e. The number of hydrogen-bond acceptors (Lipinski definition) is 4. The minimum absolute atomic E-state index is 0.0327. The van der Waals surface area contributed by atoms with Crippen molar-refractivity contribution in [2.75, 3.05) is 13.1 Å². The molecule has 4 nitrogen and oxygen atoms in total. The maximum atomic E-state index is 10.5. The van der Waals surface area contributed by atoms with Gasteiger partial charge in [0.1, 0.15) is 12.2 Å². The van der Waals surface area contributed by atoms with E-state index in [2.05, 4.69) is 4.90 Å². The van der Waals surface area contributed by atoms with E-state index in [0.29, 0.717) is 0 Å². The van der Waals surface area contributed by atoms with Gasteiger partial charge in [0.05, 0.1) is 11.6 Å². The Balaban J connectivity index is 1.87. The standard InChI is InChI=1S/C12H21NO3/c1-11(2)15-8-7-13-6-4-5-12(3,14)10(13)9(8)16-11/h8-10,14H,4-7H2,1-3H3/t8-,9-,10+,12+/m1/s1. The van der Waals surface area contributed by atoms with Gasteiger partial charge < -0.3 is 14.6 Å². The Labute approximate surface area is 96.5 Å². The molecule has 3 saturated heterocycles. The average molecular weight is 227 g/mol. The van der Waals surface area contributed by atoms with Crippen LogP contribution < -0.4 is 0 Å². The molecule has 3 rings (SSSR count). The van der Waals surface area contributed by atoms with Gasteiger partial charge in [-0.2, -0.15) is 0 Å². The number of rotatable bonds is 0. The molecule has 0 spiro atoms. The Kier molecular flexibility index (Phi) is 2.19. The molecule has 3 heterocycles. The number of fused-ring (bicyclic) bond motifs is 3. The van der Waals surface area contributed by atoms with E-state index in [9.17, 15) is 5.11 Å². The van der Waals surface area contributed by atoms with Crippen molar-refractivity contribution in [1.29, 1.82) is 0 Å². The summed E-state index contributed by atoms with van der Waals surface area (Å²) in [4.78, 5) is 2.33. The summed E-state index contributed by atoms with van der Waals surface area (Å²) in [5.74, 6) is -0.491. The SMILES string of the molecule is CC1(C)O[C@H]2[C@@H]3N(CCC[C@]3(C)O)C[C@H]2O1. The molecule has 4 atom stereocenters. The van der Waals surface area contributed by atoms with Crippen LogP contribution in [0.4, 0.5) is 0 Å². The van der Waals surface area contributed by atoms with Crippen LogP contribution in [0.15, 0.2) is 0 Å². The summed E-state index contributed by atoms with van der Waals surface area (Å²) < 4.78 is 11.8. The van der Waals surface area contributed by atoms with Crippen LogP contribution >= 0.6 is 0 Å². The molecule has 0 bridgehead atoms. The first-order valence-corrected chi connectivity index (χ1v) is 6.21. The fraction of sp³-hybridized carbons (Fsp3) is 1.00. The highest BCUT2D eigenvalue weighted by Crippen LogP contribution is 2.43. The number of aliphatic hydroxyl groups is 1. The lowest BCUT2D eigenvalue weighted by Crippen LogP contribution is -2.57. The molecule has 16 heavy (non-hydrogen) atoms. The van der Waals surface area contributed by atoms with Gasteiger partial charge in [-0.1, -0.05) is 0 Å². The second kappa shape index (κ2) is 3.19. The molecule has 0 aromatic carbocycles. The third kappa shape index (κ3) is 1.51. The summed E-state index contributed by atoms with van der Waals surface area (Å²) in [5, 5.41) is 10.5. The summed E-state index contributed by atoms with van der Waals surface area (Å²) in [7, 11) is 0. The van der Waals surface area contributed by atoms with Gasteiger partial charge in [-0.25, -0.2) is 0 Å². The van der Waals surface area contributed by atoms with Crippen LogP contribution in [0.3, 0.4) is 0 Å². The molecule has 0 unspecified atom stereocenters. The van der Waals surface area contributed by atoms with E-state index in [-0.39, 0.29) is 18.2 Å². The minimum atomic E-state index is -0.637. The Morgan fingerprint density at radius 1 is 1.25 bits per heavy atom. The van der Waals surface area contributed by atoms with Crippen LogP contribution in [0.2, 0.25) is 0 Å². The van der Waals surface area contributed by atoms with Gasteiger partial charge in [0, 0.05) is 6.54 Å². The highest BCUT2D eigenvalue weighted by Gasteiger charge is 2.58. The third-order valence-corrected chi connectivity index (χ3v) is 4.11. The molecule has 3 fully saturated rings. The van der Waals surface area contributed by atoms with Crippen LogP contribution in [-0.2, 0) is 9.47 Å². The molecule has 0 aliphatic carbocycles. The first-order valence-electron chi connectivity index (χ1n) is 6.21. The number of piperidine rings is 1. The van der Waals surface area contributed by atoms with Crippen molar-refractivity contribution in [2.24, 2.45) is 0 Å². The van der Waals surface area contributed by atoms with Crippen LogP contribution in [0.25, 0.3) is 0 Å². The summed E-state index contributed by atoms with van der Waals surface area (Å²) in [6, 6.07) is 0.105. The zero-order chi connectivity index (χ0) is 11.6. The van der Waals surface area contributed by atoms with Gasteiger partial charge in [-0.05, 0) is 40.2 Å². The Morgan fingerprint density at radius 3 is 2.75 bits per heavy atom. The van der Waals surface area contributed by atoms with Gasteiger partial charge in [0.2, 0.25) is 0 Å². The molecular weight excluding hydrogens is 206 g/mol. The molecule has 0 aromatic heterocycles. The minimum Gasteiger partial charge on any atom is -0.388 e. The van der Waals surface area contributed by atoms with Crippen molar-refractivity contribution < 1.29 is 14.6 Å². The fourth-order valence-electron chi connectivity index (χ4n) is 3.59. The largest absolute Gasteiger partial charge is 0.388 e. The lowest BCUT2D eigenvalue weighted by Gasteiger charge is -2.43. The lowest BCUT2D eigenvalue weighted by molar-refractivity contribution is -0.180. The Bertz CT molecular complexity index is 303. The van der Waals surface area contributed by atoms with E-state index in [1.165, 1.54) is 0 Å². The lowest BCUT2D eigenvalue weighted by atomic mass is 9.84. The van der Waals surface area contributed by atoms with Gasteiger partial charge >= 0.3 is 0 Å². The van der Waals surface area contributed by atoms with Crippen LogP contribution in [0.1, 0.15) is 33.6 Å². The highest BCUT2D eigenvalue weighted by molar-refractivity contribution is 5.09. The molecule has 3 aliphatic rings. The van der Waals surface area contributed by atoms with E-state index < -0.39 is 11.4 Å². The summed E-state index contributed by atoms with van der Waals surface area (Å²) in [6.07, 6.45) is 2.09. The highest BCUT2D eigenvalue weighted by atomic mass is 16.8. The second-order valence-corrected chi connectivity index (χ2v) is 6.04. The zero-order valence-electron chi connectivity index (χ0n) is 10.3. The molecule has 3 aliphatic heterocycles. The average Bonchev–Trinajstić information content (AvgIpc) is 2.54. The van der Waals surface area contributed by atoms with Crippen molar-refractivity contribution in [3.63, 3.8) is 0 Å². The van der Waals surface area contributed by atoms with Crippen LogP contribution in [-0.4, -0.2) is 52.7 Å². The third-order valence-electron chi connectivity index (χ3n) is 4.11. The van der Waals surface area contributed by atoms with E-state index in [0.717, 1.165) is 25.9 Å². The molecule has 0 radical (unpaired) electrons. The maximum absolute atomic E-state index is 10.5. The van der Waals surface area contributed by atoms with Gasteiger partial charge in [0.25, 0.3) is 0 Å². The normalized spacial score (nSPS) is 51.4. The van der Waals surface area contributed by atoms with Crippen molar-refractivity contribution in [2.45, 2.75) is 63.3 Å². The van der Waals surface area contributed by atoms with Gasteiger partial charge in [-0.3, -0.25) is 4.90 Å². The Hall–Kier alpha value is -0.160. The predicted molar refractivity (Wildman–Crippen MR) is 59.0 cm³/mol. The van der Waals surface area contributed by atoms with E-state index in [4.69, 9.17) is 9.47 Å². The fourth-order valence-corrected chi connectivity index (χ4v) is 3.59. The van der Waals surface area contributed by atoms with Gasteiger partial charge in [0.15, 0.2) is 5.79 Å². The van der Waals surface area contributed by atoms with Gasteiger partial charge in [-0.15, -0.1) is 0 Å². The Morgan fingerprint density at radius 2 is 2.00 bits per heavy atom. The van der Waals surface area contributed by atoms with E-state index in [1.807, 2.05) is 20.8 Å². The van der Waals surface area contributed by atoms with Crippen molar-refractivity contribution in [1.82, 2.24) is 4.90 Å².